The number of hydrogen-bond acceptors (Lipinski definition) is 4. The minimum atomic E-state index is -0.0944. The molecule has 0 radical (unpaired) electrons. The molecule has 0 bridgehead atoms. The number of carbonyl (C=O) groups excluding carboxylic acids is 1. The Bertz CT molecular complexity index is 555. The Hall–Kier alpha value is -2.08. The highest BCUT2D eigenvalue weighted by Crippen LogP contribution is 2.18. The smallest absolute Gasteiger partial charge is 0.308 e. The highest BCUT2D eigenvalue weighted by molar-refractivity contribution is 5.80. The average Bonchev–Trinajstić information content (AvgIpc) is 2.70. The Morgan fingerprint density at radius 2 is 1.96 bits per heavy atom. The molecule has 0 amide bonds. The Morgan fingerprint density at radius 3 is 2.62 bits per heavy atom. The van der Waals surface area contributed by atoms with Gasteiger partial charge in [-0.2, -0.15) is 0 Å². The van der Waals surface area contributed by atoms with Gasteiger partial charge in [0.25, 0.3) is 0 Å². The minimum absolute atomic E-state index is 0.0242. The Kier molecular flexibility index (Phi) is 8.96. The molecular weight excluding hydrogens is 330 g/mol. The fourth-order valence-electron chi connectivity index (χ4n) is 3.12. The number of benzene rings is 1. The van der Waals surface area contributed by atoms with Gasteiger partial charge in [0.2, 0.25) is 0 Å². The van der Waals surface area contributed by atoms with Crippen LogP contribution in [-0.2, 0) is 20.9 Å². The van der Waals surface area contributed by atoms with Crippen molar-refractivity contribution in [2.45, 2.75) is 32.3 Å². The molecule has 1 fully saturated rings. The van der Waals surface area contributed by atoms with Gasteiger partial charge in [0, 0.05) is 33.3 Å². The van der Waals surface area contributed by atoms with E-state index in [1.165, 1.54) is 12.7 Å². The number of carbonyl (C=O) groups is 1. The number of nitrogens with zero attached hydrogens (tertiary/aromatic N) is 2. The van der Waals surface area contributed by atoms with E-state index < -0.39 is 0 Å². The number of aliphatic imine (C=N–C) groups is 1. The van der Waals surface area contributed by atoms with Crippen LogP contribution in [0.3, 0.4) is 0 Å². The molecule has 2 rings (SSSR count). The lowest BCUT2D eigenvalue weighted by molar-refractivity contribution is -0.146. The van der Waals surface area contributed by atoms with E-state index >= 15 is 0 Å². The zero-order valence-electron chi connectivity index (χ0n) is 15.9. The van der Waals surface area contributed by atoms with Gasteiger partial charge in [-0.15, -0.1) is 0 Å². The Morgan fingerprint density at radius 1 is 1.23 bits per heavy atom. The molecule has 0 atom stereocenters. The molecule has 0 unspecified atom stereocenters. The van der Waals surface area contributed by atoms with Crippen molar-refractivity contribution in [3.63, 3.8) is 0 Å². The number of methoxy groups -OCH3 is 1. The molecule has 1 N–H and O–H groups in total. The van der Waals surface area contributed by atoms with Crippen molar-refractivity contribution < 1.29 is 14.3 Å². The quantitative estimate of drug-likeness (QED) is 0.333. The molecule has 1 heterocycles. The van der Waals surface area contributed by atoms with Gasteiger partial charge in [-0.05, 0) is 31.2 Å². The summed E-state index contributed by atoms with van der Waals surface area (Å²) < 4.78 is 10.5. The van der Waals surface area contributed by atoms with Gasteiger partial charge in [0.15, 0.2) is 5.96 Å². The summed E-state index contributed by atoms with van der Waals surface area (Å²) in [7, 11) is 3.26. The van der Waals surface area contributed by atoms with Gasteiger partial charge < -0.3 is 19.7 Å². The number of esters is 1. The van der Waals surface area contributed by atoms with Gasteiger partial charge in [-0.3, -0.25) is 9.79 Å². The molecule has 1 aromatic carbocycles. The molecule has 0 aromatic heterocycles. The standard InChI is InChI=1S/C20H31N3O3/c1-21-20(23-13-10-18(11-14-23)19(24)25-2)22-12-6-7-15-26-16-17-8-4-3-5-9-17/h3-5,8-9,18H,6-7,10-16H2,1-2H3,(H,21,22). The largest absolute Gasteiger partial charge is 0.469 e. The number of likely N-dealkylation sites (tertiary alicyclic amines) is 1. The van der Waals surface area contributed by atoms with E-state index in [2.05, 4.69) is 27.3 Å². The summed E-state index contributed by atoms with van der Waals surface area (Å²) in [5.74, 6) is 0.845. The number of hydrogen-bond donors (Lipinski definition) is 1. The zero-order valence-corrected chi connectivity index (χ0v) is 15.9. The predicted molar refractivity (Wildman–Crippen MR) is 103 cm³/mol. The van der Waals surface area contributed by atoms with Crippen molar-refractivity contribution >= 4 is 11.9 Å². The van der Waals surface area contributed by atoms with Crippen LogP contribution in [0.4, 0.5) is 0 Å². The van der Waals surface area contributed by atoms with Crippen LogP contribution in [0.2, 0.25) is 0 Å². The summed E-state index contributed by atoms with van der Waals surface area (Å²) >= 11 is 0. The first-order valence-corrected chi connectivity index (χ1v) is 9.39. The molecule has 1 aliphatic rings. The van der Waals surface area contributed by atoms with Crippen LogP contribution in [0.1, 0.15) is 31.2 Å². The highest BCUT2D eigenvalue weighted by Gasteiger charge is 2.26. The molecule has 1 aromatic rings. The first kappa shape index (κ1) is 20.2. The van der Waals surface area contributed by atoms with Gasteiger partial charge in [0.05, 0.1) is 19.6 Å². The van der Waals surface area contributed by atoms with E-state index in [0.29, 0.717) is 6.61 Å². The van der Waals surface area contributed by atoms with Crippen molar-refractivity contribution in [2.75, 3.05) is 40.4 Å². The van der Waals surface area contributed by atoms with Crippen LogP contribution < -0.4 is 5.32 Å². The van der Waals surface area contributed by atoms with Crippen LogP contribution in [0, 0.1) is 5.92 Å². The number of ether oxygens (including phenoxy) is 2. The van der Waals surface area contributed by atoms with Crippen LogP contribution >= 0.6 is 0 Å². The van der Waals surface area contributed by atoms with Gasteiger partial charge in [0.1, 0.15) is 0 Å². The first-order chi connectivity index (χ1) is 12.7. The van der Waals surface area contributed by atoms with Crippen molar-refractivity contribution in [3.05, 3.63) is 35.9 Å². The number of guanidine groups is 1. The molecular formula is C20H31N3O3. The fraction of sp³-hybridized carbons (Fsp3) is 0.600. The van der Waals surface area contributed by atoms with E-state index in [4.69, 9.17) is 9.47 Å². The van der Waals surface area contributed by atoms with Crippen molar-refractivity contribution in [1.29, 1.82) is 0 Å². The molecule has 6 heteroatoms. The number of nitrogens with one attached hydrogen (secondary N) is 1. The second-order valence-electron chi connectivity index (χ2n) is 6.50. The van der Waals surface area contributed by atoms with Gasteiger partial charge in [-0.1, -0.05) is 30.3 Å². The second-order valence-corrected chi connectivity index (χ2v) is 6.50. The molecule has 1 saturated heterocycles. The van der Waals surface area contributed by atoms with Crippen LogP contribution in [0.5, 0.6) is 0 Å². The summed E-state index contributed by atoms with van der Waals surface area (Å²) in [5.41, 5.74) is 1.21. The van der Waals surface area contributed by atoms with Crippen molar-refractivity contribution in [3.8, 4) is 0 Å². The topological polar surface area (TPSA) is 63.2 Å². The molecule has 1 aliphatic heterocycles. The predicted octanol–water partition coefficient (Wildman–Crippen LogP) is 2.44. The lowest BCUT2D eigenvalue weighted by atomic mass is 9.97. The minimum Gasteiger partial charge on any atom is -0.469 e. The zero-order chi connectivity index (χ0) is 18.6. The maximum absolute atomic E-state index is 11.6. The SMILES string of the molecule is CN=C(NCCCCOCc1ccccc1)N1CCC(C(=O)OC)CC1. The van der Waals surface area contributed by atoms with Crippen LogP contribution in [-0.4, -0.2) is 57.2 Å². The van der Waals surface area contributed by atoms with Crippen LogP contribution in [0.15, 0.2) is 35.3 Å². The fourth-order valence-corrected chi connectivity index (χ4v) is 3.12. The maximum atomic E-state index is 11.6. The summed E-state index contributed by atoms with van der Waals surface area (Å²) in [5, 5.41) is 3.41. The lowest BCUT2D eigenvalue weighted by Gasteiger charge is -2.33. The van der Waals surface area contributed by atoms with Crippen molar-refractivity contribution in [1.82, 2.24) is 10.2 Å². The summed E-state index contributed by atoms with van der Waals surface area (Å²) in [6.07, 6.45) is 3.69. The van der Waals surface area contributed by atoms with E-state index in [1.807, 2.05) is 18.2 Å². The third-order valence-electron chi connectivity index (χ3n) is 4.65. The van der Waals surface area contributed by atoms with E-state index in [9.17, 15) is 4.79 Å². The third-order valence-corrected chi connectivity index (χ3v) is 4.65. The maximum Gasteiger partial charge on any atom is 0.308 e. The Balaban J connectivity index is 1.56. The summed E-state index contributed by atoms with van der Waals surface area (Å²) in [4.78, 5) is 18.2. The molecule has 0 aliphatic carbocycles. The lowest BCUT2D eigenvalue weighted by Crippen LogP contribution is -2.46. The molecule has 0 saturated carbocycles. The normalized spacial score (nSPS) is 15.8. The van der Waals surface area contributed by atoms with E-state index in [1.54, 1.807) is 7.05 Å². The summed E-state index contributed by atoms with van der Waals surface area (Å²) in [6.45, 7) is 3.97. The highest BCUT2D eigenvalue weighted by atomic mass is 16.5. The van der Waals surface area contributed by atoms with Crippen LogP contribution in [0.25, 0.3) is 0 Å². The monoisotopic (exact) mass is 361 g/mol. The van der Waals surface area contributed by atoms with Gasteiger partial charge >= 0.3 is 5.97 Å². The van der Waals surface area contributed by atoms with E-state index in [0.717, 1.165) is 57.9 Å². The summed E-state index contributed by atoms with van der Waals surface area (Å²) in [6, 6.07) is 10.2. The average molecular weight is 361 g/mol. The first-order valence-electron chi connectivity index (χ1n) is 9.39. The Labute approximate surface area is 156 Å². The number of piperidine rings is 1. The second kappa shape index (κ2) is 11.5. The number of unbranched alkanes of at least 4 members (excludes halogenated alkanes) is 1. The van der Waals surface area contributed by atoms with E-state index in [-0.39, 0.29) is 11.9 Å². The van der Waals surface area contributed by atoms with Crippen molar-refractivity contribution in [2.24, 2.45) is 10.9 Å². The number of rotatable bonds is 8. The van der Waals surface area contributed by atoms with Gasteiger partial charge in [-0.25, -0.2) is 0 Å². The molecule has 6 nitrogen and oxygen atoms in total. The molecule has 144 valence electrons. The molecule has 26 heavy (non-hydrogen) atoms. The third kappa shape index (κ3) is 6.67. The molecule has 0 spiro atoms.